The fourth-order valence-corrected chi connectivity index (χ4v) is 2.48. The van der Waals surface area contributed by atoms with Gasteiger partial charge in [-0.05, 0) is 18.2 Å². The zero-order valence-corrected chi connectivity index (χ0v) is 12.0. The summed E-state index contributed by atoms with van der Waals surface area (Å²) in [4.78, 5) is 0. The summed E-state index contributed by atoms with van der Waals surface area (Å²) >= 11 is 0. The van der Waals surface area contributed by atoms with E-state index >= 15 is 0 Å². The number of rotatable bonds is 5. The predicted octanol–water partition coefficient (Wildman–Crippen LogP) is 3.65. The Labute approximate surface area is 124 Å². The molecule has 0 atom stereocenters. The Hall–Kier alpha value is -2.39. The van der Waals surface area contributed by atoms with E-state index in [-0.39, 0.29) is 0 Å². The van der Waals surface area contributed by atoms with Crippen molar-refractivity contribution in [2.75, 3.05) is 7.05 Å². The Morgan fingerprint density at radius 3 is 2.29 bits per heavy atom. The lowest BCUT2D eigenvalue weighted by molar-refractivity contribution is 0.382. The van der Waals surface area contributed by atoms with Gasteiger partial charge in [-0.15, -0.1) is 0 Å². The van der Waals surface area contributed by atoms with Crippen molar-refractivity contribution in [3.63, 3.8) is 0 Å². The summed E-state index contributed by atoms with van der Waals surface area (Å²) in [6.45, 7) is 0.697. The third-order valence-corrected chi connectivity index (χ3v) is 3.45. The number of nitrogens with zero attached hydrogens (tertiary/aromatic N) is 1. The Balaban J connectivity index is 2.01. The summed E-state index contributed by atoms with van der Waals surface area (Å²) in [6.07, 6.45) is 0.752. The first-order valence-corrected chi connectivity index (χ1v) is 7.10. The smallest absolute Gasteiger partial charge is 0.149 e. The maximum absolute atomic E-state index is 5.62. The molecule has 21 heavy (non-hydrogen) atoms. The van der Waals surface area contributed by atoms with E-state index in [9.17, 15) is 0 Å². The van der Waals surface area contributed by atoms with Crippen molar-refractivity contribution in [3.8, 4) is 11.1 Å². The first-order valence-electron chi connectivity index (χ1n) is 7.10. The highest BCUT2D eigenvalue weighted by Crippen LogP contribution is 2.29. The van der Waals surface area contributed by atoms with E-state index in [2.05, 4.69) is 34.7 Å². The van der Waals surface area contributed by atoms with Crippen LogP contribution in [0, 0.1) is 0 Å². The summed E-state index contributed by atoms with van der Waals surface area (Å²) in [5.41, 5.74) is 4.43. The van der Waals surface area contributed by atoms with E-state index < -0.39 is 0 Å². The molecular formula is C18H18N2O. The molecule has 0 aliphatic heterocycles. The lowest BCUT2D eigenvalue weighted by Crippen LogP contribution is -2.06. The lowest BCUT2D eigenvalue weighted by Gasteiger charge is -2.04. The highest BCUT2D eigenvalue weighted by Gasteiger charge is 2.17. The van der Waals surface area contributed by atoms with Gasteiger partial charge in [0.1, 0.15) is 11.5 Å². The largest absolute Gasteiger partial charge is 0.360 e. The molecule has 0 saturated heterocycles. The fraction of sp³-hybridized carbons (Fsp3) is 0.167. The third-order valence-electron chi connectivity index (χ3n) is 3.45. The number of benzene rings is 2. The normalized spacial score (nSPS) is 10.7. The van der Waals surface area contributed by atoms with Gasteiger partial charge < -0.3 is 9.84 Å². The molecular weight excluding hydrogens is 260 g/mol. The third kappa shape index (κ3) is 3.03. The van der Waals surface area contributed by atoms with E-state index in [1.165, 1.54) is 5.56 Å². The Morgan fingerprint density at radius 2 is 1.62 bits per heavy atom. The maximum atomic E-state index is 5.62. The SMILES string of the molecule is CNCc1noc(Cc2ccccc2)c1-c1ccccc1. The van der Waals surface area contributed by atoms with Gasteiger partial charge >= 0.3 is 0 Å². The van der Waals surface area contributed by atoms with Gasteiger partial charge in [0.05, 0.1) is 0 Å². The number of aromatic nitrogens is 1. The van der Waals surface area contributed by atoms with Gasteiger partial charge in [0.2, 0.25) is 0 Å². The topological polar surface area (TPSA) is 38.1 Å². The molecule has 0 bridgehead atoms. The van der Waals surface area contributed by atoms with Gasteiger partial charge in [-0.3, -0.25) is 0 Å². The van der Waals surface area contributed by atoms with Crippen LogP contribution in [0.3, 0.4) is 0 Å². The van der Waals surface area contributed by atoms with Gasteiger partial charge in [-0.1, -0.05) is 65.8 Å². The second kappa shape index (κ2) is 6.37. The van der Waals surface area contributed by atoms with E-state index in [0.717, 1.165) is 29.0 Å². The molecule has 106 valence electrons. The Morgan fingerprint density at radius 1 is 0.952 bits per heavy atom. The summed E-state index contributed by atoms with van der Waals surface area (Å²) in [5, 5.41) is 7.39. The molecule has 3 aromatic rings. The zero-order chi connectivity index (χ0) is 14.5. The fourth-order valence-electron chi connectivity index (χ4n) is 2.48. The molecule has 0 amide bonds. The molecule has 1 N–H and O–H groups in total. The average Bonchev–Trinajstić information content (AvgIpc) is 2.92. The lowest BCUT2D eigenvalue weighted by atomic mass is 9.99. The van der Waals surface area contributed by atoms with Gasteiger partial charge in [0.25, 0.3) is 0 Å². The number of hydrogen-bond acceptors (Lipinski definition) is 3. The summed E-state index contributed by atoms with van der Waals surface area (Å²) in [5.74, 6) is 0.914. The second-order valence-corrected chi connectivity index (χ2v) is 4.99. The van der Waals surface area contributed by atoms with Crippen LogP contribution in [0.4, 0.5) is 0 Å². The van der Waals surface area contributed by atoms with Gasteiger partial charge in [-0.25, -0.2) is 0 Å². The molecule has 0 aliphatic carbocycles. The molecule has 0 fully saturated rings. The van der Waals surface area contributed by atoms with Crippen molar-refractivity contribution in [1.82, 2.24) is 10.5 Å². The second-order valence-electron chi connectivity index (χ2n) is 4.99. The average molecular weight is 278 g/mol. The minimum absolute atomic E-state index is 0.697. The van der Waals surface area contributed by atoms with Crippen molar-refractivity contribution < 1.29 is 4.52 Å². The van der Waals surface area contributed by atoms with Crippen LogP contribution in [-0.2, 0) is 13.0 Å². The minimum atomic E-state index is 0.697. The van der Waals surface area contributed by atoms with Crippen LogP contribution in [0.15, 0.2) is 65.2 Å². The van der Waals surface area contributed by atoms with Crippen LogP contribution < -0.4 is 5.32 Å². The summed E-state index contributed by atoms with van der Waals surface area (Å²) in [6, 6.07) is 20.6. The molecule has 3 nitrogen and oxygen atoms in total. The van der Waals surface area contributed by atoms with Crippen LogP contribution in [0.2, 0.25) is 0 Å². The molecule has 1 heterocycles. The van der Waals surface area contributed by atoms with Gasteiger partial charge in [0.15, 0.2) is 0 Å². The quantitative estimate of drug-likeness (QED) is 0.774. The zero-order valence-electron chi connectivity index (χ0n) is 12.0. The van der Waals surface area contributed by atoms with Crippen LogP contribution in [0.25, 0.3) is 11.1 Å². The maximum Gasteiger partial charge on any atom is 0.149 e. The van der Waals surface area contributed by atoms with Gasteiger partial charge in [0, 0.05) is 18.5 Å². The van der Waals surface area contributed by atoms with Crippen LogP contribution >= 0.6 is 0 Å². The van der Waals surface area contributed by atoms with Crippen molar-refractivity contribution in [1.29, 1.82) is 0 Å². The molecule has 0 radical (unpaired) electrons. The molecule has 3 rings (SSSR count). The molecule has 0 spiro atoms. The molecule has 0 saturated carbocycles. The molecule has 3 heteroatoms. The summed E-state index contributed by atoms with van der Waals surface area (Å²) in [7, 11) is 1.92. The van der Waals surface area contributed by atoms with E-state index in [1.807, 2.05) is 43.4 Å². The highest BCUT2D eigenvalue weighted by atomic mass is 16.5. The molecule has 2 aromatic carbocycles. The number of nitrogens with one attached hydrogen (secondary N) is 1. The van der Waals surface area contributed by atoms with E-state index in [4.69, 9.17) is 4.52 Å². The molecule has 1 aromatic heterocycles. The van der Waals surface area contributed by atoms with E-state index in [0.29, 0.717) is 6.54 Å². The van der Waals surface area contributed by atoms with Crippen LogP contribution in [-0.4, -0.2) is 12.2 Å². The first-order chi connectivity index (χ1) is 10.4. The van der Waals surface area contributed by atoms with Crippen LogP contribution in [0.5, 0.6) is 0 Å². The minimum Gasteiger partial charge on any atom is -0.360 e. The Bertz CT molecular complexity index is 690. The summed E-state index contributed by atoms with van der Waals surface area (Å²) < 4.78 is 5.62. The Kier molecular flexibility index (Phi) is 4.12. The predicted molar refractivity (Wildman–Crippen MR) is 84.0 cm³/mol. The highest BCUT2D eigenvalue weighted by molar-refractivity contribution is 5.68. The van der Waals surface area contributed by atoms with Crippen molar-refractivity contribution in [2.24, 2.45) is 0 Å². The van der Waals surface area contributed by atoms with Crippen molar-refractivity contribution >= 4 is 0 Å². The standard InChI is InChI=1S/C18H18N2O/c1-19-13-16-18(15-10-6-3-7-11-15)17(21-20-16)12-14-8-4-2-5-9-14/h2-11,19H,12-13H2,1H3. The monoisotopic (exact) mass is 278 g/mol. The van der Waals surface area contributed by atoms with Crippen LogP contribution in [0.1, 0.15) is 17.0 Å². The van der Waals surface area contributed by atoms with E-state index in [1.54, 1.807) is 0 Å². The van der Waals surface area contributed by atoms with Crippen molar-refractivity contribution in [3.05, 3.63) is 77.7 Å². The van der Waals surface area contributed by atoms with Crippen molar-refractivity contribution in [2.45, 2.75) is 13.0 Å². The number of hydrogen-bond donors (Lipinski definition) is 1. The van der Waals surface area contributed by atoms with Gasteiger partial charge in [-0.2, -0.15) is 0 Å². The first kappa shape index (κ1) is 13.6. The molecule has 0 unspecified atom stereocenters. The molecule has 0 aliphatic rings.